The molecule has 2 saturated carbocycles. The minimum Gasteiger partial charge on any atom is -0.457 e. The van der Waals surface area contributed by atoms with Crippen molar-refractivity contribution in [2.45, 2.75) is 37.8 Å². The first kappa shape index (κ1) is 23.6. The maximum Gasteiger partial charge on any atom is 0.141 e. The van der Waals surface area contributed by atoms with Crippen LogP contribution < -0.4 is 15.8 Å². The topological polar surface area (TPSA) is 103 Å². The van der Waals surface area contributed by atoms with Crippen LogP contribution in [0.5, 0.6) is 11.5 Å². The molecule has 1 aromatic heterocycles. The van der Waals surface area contributed by atoms with Gasteiger partial charge in [0, 0.05) is 43.8 Å². The van der Waals surface area contributed by atoms with Crippen LogP contribution in [-0.2, 0) is 0 Å². The zero-order valence-electron chi connectivity index (χ0n) is 21.9. The number of nitrogens with two attached hydrogens (primary N) is 1. The molecular formula is C30H35N7O. The van der Waals surface area contributed by atoms with Gasteiger partial charge in [0.25, 0.3) is 0 Å². The van der Waals surface area contributed by atoms with E-state index < -0.39 is 0 Å². The Labute approximate surface area is 223 Å². The van der Waals surface area contributed by atoms with Crippen molar-refractivity contribution in [3.63, 3.8) is 0 Å². The highest BCUT2D eigenvalue weighted by Crippen LogP contribution is 2.56. The highest BCUT2D eigenvalue weighted by molar-refractivity contribution is 6.16. The van der Waals surface area contributed by atoms with E-state index in [9.17, 15) is 0 Å². The first-order valence-corrected chi connectivity index (χ1v) is 13.6. The van der Waals surface area contributed by atoms with Gasteiger partial charge in [-0.3, -0.25) is 10.3 Å². The zero-order valence-corrected chi connectivity index (χ0v) is 21.9. The maximum absolute atomic E-state index is 8.90. The molecule has 0 bridgehead atoms. The van der Waals surface area contributed by atoms with Crippen molar-refractivity contribution in [3.8, 4) is 11.5 Å². The van der Waals surface area contributed by atoms with Crippen LogP contribution in [0.4, 0.5) is 11.6 Å². The molecule has 3 aromatic rings. The molecule has 4 fully saturated rings. The number of nitrogen functional groups attached to an aromatic ring is 1. The fraction of sp³-hybridized carbons (Fsp3) is 0.433. The van der Waals surface area contributed by atoms with E-state index in [1.54, 1.807) is 0 Å². The predicted octanol–water partition coefficient (Wildman–Crippen LogP) is 4.24. The first-order chi connectivity index (χ1) is 18.4. The van der Waals surface area contributed by atoms with Crippen LogP contribution in [0.1, 0.15) is 36.8 Å². The molecule has 8 heteroatoms. The van der Waals surface area contributed by atoms with Gasteiger partial charge in [-0.2, -0.15) is 0 Å². The van der Waals surface area contributed by atoms with Crippen LogP contribution in [0.3, 0.4) is 0 Å². The number of benzene rings is 2. The van der Waals surface area contributed by atoms with Crippen molar-refractivity contribution in [2.75, 3.05) is 44.3 Å². The summed E-state index contributed by atoms with van der Waals surface area (Å²) in [5, 5.41) is 12.5. The molecular weight excluding hydrogens is 474 g/mol. The number of aromatic nitrogens is 2. The van der Waals surface area contributed by atoms with Crippen molar-refractivity contribution in [1.82, 2.24) is 19.8 Å². The number of likely N-dealkylation sites (tertiary alicyclic amines) is 2. The normalized spacial score (nSPS) is 22.2. The Balaban J connectivity index is 0.962. The third kappa shape index (κ3) is 4.12. The van der Waals surface area contributed by atoms with E-state index in [2.05, 4.69) is 32.1 Å². The van der Waals surface area contributed by atoms with E-state index in [1.165, 1.54) is 45.3 Å². The molecule has 4 N–H and O–H groups in total. The molecule has 7 rings (SSSR count). The fourth-order valence-corrected chi connectivity index (χ4v) is 7.38. The van der Waals surface area contributed by atoms with Gasteiger partial charge < -0.3 is 20.7 Å². The highest BCUT2D eigenvalue weighted by Gasteiger charge is 2.59. The molecule has 0 unspecified atom stereocenters. The number of hydrogen-bond donors (Lipinski definition) is 3. The molecule has 0 radical (unpaired) electrons. The minimum atomic E-state index is 0.307. The van der Waals surface area contributed by atoms with Gasteiger partial charge in [0.15, 0.2) is 0 Å². The molecule has 4 aliphatic rings. The molecule has 2 aromatic carbocycles. The van der Waals surface area contributed by atoms with Crippen LogP contribution in [0.2, 0.25) is 0 Å². The number of para-hydroxylation sites is 1. The molecule has 0 amide bonds. The molecule has 3 heterocycles. The summed E-state index contributed by atoms with van der Waals surface area (Å²) in [6.45, 7) is 5.04. The summed E-state index contributed by atoms with van der Waals surface area (Å²) in [6.07, 6.45) is 6.55. The Morgan fingerprint density at radius 2 is 1.58 bits per heavy atom. The SMILES string of the molecule is CN1CC2(CC(N3CC4(CC(Nc5ncnc(N)c5C(=N)c5ccc(Oc6ccccc6)cc5)C4)C3)C2)C1. The van der Waals surface area contributed by atoms with Crippen LogP contribution in [-0.4, -0.2) is 70.8 Å². The van der Waals surface area contributed by atoms with Crippen molar-refractivity contribution >= 4 is 17.3 Å². The molecule has 38 heavy (non-hydrogen) atoms. The average Bonchev–Trinajstić information content (AvgIpc) is 2.82. The zero-order chi connectivity index (χ0) is 25.9. The van der Waals surface area contributed by atoms with Gasteiger partial charge in [-0.1, -0.05) is 18.2 Å². The molecule has 0 atom stereocenters. The second-order valence-corrected chi connectivity index (χ2v) is 12.2. The third-order valence-corrected chi connectivity index (χ3v) is 9.09. The van der Waals surface area contributed by atoms with Crippen molar-refractivity contribution < 1.29 is 4.74 Å². The number of nitrogens with zero attached hydrogens (tertiary/aromatic N) is 4. The standard InChI is InChI=1S/C30H35N7O/c1-36-15-30(16-36)13-22(14-30)37-17-29(18-37)11-21(12-29)35-28-25(27(32)33-19-34-28)26(31)20-7-9-24(10-8-20)38-23-5-3-2-4-6-23/h2-10,19,21-22,31H,11-18H2,1H3,(H3,32,33,34,35). The monoisotopic (exact) mass is 509 g/mol. The Morgan fingerprint density at radius 3 is 2.26 bits per heavy atom. The van der Waals surface area contributed by atoms with Crippen molar-refractivity contribution in [1.29, 1.82) is 5.41 Å². The van der Waals surface area contributed by atoms with Gasteiger partial charge in [-0.25, -0.2) is 9.97 Å². The molecule has 2 saturated heterocycles. The number of nitrogens with one attached hydrogen (secondary N) is 2. The molecule has 2 aliphatic carbocycles. The van der Waals surface area contributed by atoms with E-state index in [0.29, 0.717) is 39.8 Å². The van der Waals surface area contributed by atoms with Gasteiger partial charge in [0.2, 0.25) is 0 Å². The second kappa shape index (κ2) is 8.78. The number of anilines is 2. The Bertz CT molecular complexity index is 1330. The lowest BCUT2D eigenvalue weighted by Crippen LogP contribution is -2.72. The predicted molar refractivity (Wildman–Crippen MR) is 149 cm³/mol. The van der Waals surface area contributed by atoms with E-state index >= 15 is 0 Å². The van der Waals surface area contributed by atoms with Crippen molar-refractivity contribution in [2.24, 2.45) is 10.8 Å². The lowest BCUT2D eigenvalue weighted by Gasteiger charge is -2.67. The van der Waals surface area contributed by atoms with Gasteiger partial charge in [0.1, 0.15) is 29.5 Å². The number of ether oxygens (including phenoxy) is 1. The molecule has 196 valence electrons. The largest absolute Gasteiger partial charge is 0.457 e. The third-order valence-electron chi connectivity index (χ3n) is 9.09. The number of hydrogen-bond acceptors (Lipinski definition) is 8. The van der Waals surface area contributed by atoms with E-state index in [-0.39, 0.29) is 0 Å². The lowest BCUT2D eigenvalue weighted by atomic mass is 9.56. The summed E-state index contributed by atoms with van der Waals surface area (Å²) < 4.78 is 5.90. The minimum absolute atomic E-state index is 0.307. The second-order valence-electron chi connectivity index (χ2n) is 12.2. The summed E-state index contributed by atoms with van der Waals surface area (Å²) in [5.41, 5.74) is 8.98. The Morgan fingerprint density at radius 1 is 0.921 bits per heavy atom. The Kier molecular flexibility index (Phi) is 5.46. The van der Waals surface area contributed by atoms with E-state index in [0.717, 1.165) is 35.9 Å². The molecule has 8 nitrogen and oxygen atoms in total. The molecule has 2 aliphatic heterocycles. The van der Waals surface area contributed by atoms with Crippen LogP contribution >= 0.6 is 0 Å². The first-order valence-electron chi connectivity index (χ1n) is 13.6. The highest BCUT2D eigenvalue weighted by atomic mass is 16.5. The van der Waals surface area contributed by atoms with Crippen molar-refractivity contribution in [3.05, 3.63) is 72.1 Å². The van der Waals surface area contributed by atoms with E-state index in [1.807, 2.05) is 54.6 Å². The summed E-state index contributed by atoms with van der Waals surface area (Å²) >= 11 is 0. The van der Waals surface area contributed by atoms with Gasteiger partial charge in [0.05, 0.1) is 11.3 Å². The van der Waals surface area contributed by atoms with Crippen LogP contribution in [0, 0.1) is 16.2 Å². The van der Waals surface area contributed by atoms with Crippen LogP contribution in [0.25, 0.3) is 0 Å². The van der Waals surface area contributed by atoms with E-state index in [4.69, 9.17) is 15.9 Å². The Hall–Kier alpha value is -3.49. The van der Waals surface area contributed by atoms with Gasteiger partial charge in [-0.15, -0.1) is 0 Å². The summed E-state index contributed by atoms with van der Waals surface area (Å²) in [4.78, 5) is 13.8. The van der Waals surface area contributed by atoms with Gasteiger partial charge >= 0.3 is 0 Å². The van der Waals surface area contributed by atoms with Gasteiger partial charge in [-0.05, 0) is 80.0 Å². The van der Waals surface area contributed by atoms with Crippen LogP contribution in [0.15, 0.2) is 60.9 Å². The summed E-state index contributed by atoms with van der Waals surface area (Å²) in [5.74, 6) is 2.47. The lowest BCUT2D eigenvalue weighted by molar-refractivity contribution is -0.162. The molecule has 2 spiro atoms. The smallest absolute Gasteiger partial charge is 0.141 e. The summed E-state index contributed by atoms with van der Waals surface area (Å²) in [6, 6.07) is 18.3. The number of rotatable bonds is 7. The fourth-order valence-electron chi connectivity index (χ4n) is 7.38. The quantitative estimate of drug-likeness (QED) is 0.410. The average molecular weight is 510 g/mol. The maximum atomic E-state index is 8.90. The summed E-state index contributed by atoms with van der Waals surface area (Å²) in [7, 11) is 2.23.